The van der Waals surface area contributed by atoms with E-state index in [2.05, 4.69) is 55.8 Å². The Balaban J connectivity index is 0.00000341. The van der Waals surface area contributed by atoms with E-state index in [1.54, 1.807) is 7.05 Å². The number of halogens is 1. The summed E-state index contributed by atoms with van der Waals surface area (Å²) in [6.07, 6.45) is 3.37. The molecule has 1 aliphatic rings. The number of carbonyl (C=O) groups excluding carboxylic acids is 1. The van der Waals surface area contributed by atoms with Crippen molar-refractivity contribution in [3.8, 4) is 0 Å². The van der Waals surface area contributed by atoms with Crippen LogP contribution in [0.15, 0.2) is 58.5 Å². The predicted molar refractivity (Wildman–Crippen MR) is 139 cm³/mol. The first-order chi connectivity index (χ1) is 14.7. The van der Waals surface area contributed by atoms with E-state index in [9.17, 15) is 4.79 Å². The van der Waals surface area contributed by atoms with Gasteiger partial charge in [-0.15, -0.1) is 35.7 Å². The molecule has 9 heteroatoms. The summed E-state index contributed by atoms with van der Waals surface area (Å²) in [4.78, 5) is 23.8. The molecule has 2 aromatic rings. The summed E-state index contributed by atoms with van der Waals surface area (Å²) in [6.45, 7) is 3.03. The average Bonchev–Trinajstić information content (AvgIpc) is 2.79. The molecule has 0 aliphatic carbocycles. The first kappa shape index (κ1) is 25.3. The van der Waals surface area contributed by atoms with Crippen LogP contribution in [0.3, 0.4) is 0 Å². The molecule has 7 nitrogen and oxygen atoms in total. The monoisotopic (exact) mass is 554 g/mol. The summed E-state index contributed by atoms with van der Waals surface area (Å²) in [6, 6.07) is 14.4. The van der Waals surface area contributed by atoms with Gasteiger partial charge in [-0.2, -0.15) is 0 Å². The third-order valence-corrected chi connectivity index (χ3v) is 6.15. The summed E-state index contributed by atoms with van der Waals surface area (Å²) < 4.78 is 0. The number of rotatable bonds is 8. The smallest absolute Gasteiger partial charge is 0.220 e. The molecule has 168 valence electrons. The first-order valence-corrected chi connectivity index (χ1v) is 11.3. The Morgan fingerprint density at radius 2 is 1.94 bits per heavy atom. The molecule has 1 aliphatic heterocycles. The molecule has 1 fully saturated rings. The van der Waals surface area contributed by atoms with Crippen LogP contribution in [0, 0.1) is 5.92 Å². The number of thioether (sulfide) groups is 1. The first-order valence-electron chi connectivity index (χ1n) is 10.3. The third-order valence-electron chi connectivity index (χ3n) is 5.14. The minimum Gasteiger partial charge on any atom is -0.369 e. The summed E-state index contributed by atoms with van der Waals surface area (Å²) in [5.41, 5.74) is 6.56. The van der Waals surface area contributed by atoms with Crippen molar-refractivity contribution in [3.05, 3.63) is 54.2 Å². The van der Waals surface area contributed by atoms with Crippen LogP contribution >= 0.6 is 35.7 Å². The zero-order valence-corrected chi connectivity index (χ0v) is 20.9. The molecule has 1 aromatic carbocycles. The number of pyridine rings is 1. The second kappa shape index (κ2) is 13.4. The minimum absolute atomic E-state index is 0. The number of anilines is 1. The van der Waals surface area contributed by atoms with Gasteiger partial charge in [0.25, 0.3) is 0 Å². The molecular formula is C22H31IN6OS. The maximum Gasteiger partial charge on any atom is 0.220 e. The fraction of sp³-hybridized carbons (Fsp3) is 0.409. The number of nitrogens with zero attached hydrogens (tertiary/aromatic N) is 3. The maximum absolute atomic E-state index is 11.4. The molecule has 2 heterocycles. The lowest BCUT2D eigenvalue weighted by Gasteiger charge is -2.32. The summed E-state index contributed by atoms with van der Waals surface area (Å²) in [5, 5.41) is 6.74. The molecule has 0 unspecified atom stereocenters. The molecule has 0 spiro atoms. The van der Waals surface area contributed by atoms with Crippen molar-refractivity contribution in [1.29, 1.82) is 0 Å². The Morgan fingerprint density at radius 1 is 1.19 bits per heavy atom. The number of amides is 1. The van der Waals surface area contributed by atoms with Crippen molar-refractivity contribution in [2.45, 2.75) is 24.3 Å². The zero-order chi connectivity index (χ0) is 21.2. The quantitative estimate of drug-likeness (QED) is 0.153. The van der Waals surface area contributed by atoms with Gasteiger partial charge in [0.05, 0.1) is 0 Å². The largest absolute Gasteiger partial charge is 0.369 e. The van der Waals surface area contributed by atoms with Gasteiger partial charge >= 0.3 is 0 Å². The van der Waals surface area contributed by atoms with Gasteiger partial charge in [0, 0.05) is 61.6 Å². The minimum atomic E-state index is -0.196. The number of carbonyl (C=O) groups is 1. The van der Waals surface area contributed by atoms with E-state index in [1.165, 1.54) is 4.90 Å². The van der Waals surface area contributed by atoms with E-state index in [-0.39, 0.29) is 35.8 Å². The summed E-state index contributed by atoms with van der Waals surface area (Å²) in [5.74, 6) is 2.47. The Kier molecular flexibility index (Phi) is 10.9. The SMILES string of the molecule is CN=C(NCCSc1ccccc1)NCc1cccnc1N1CCC(C(N)=O)CC1.I. The van der Waals surface area contributed by atoms with E-state index in [1.807, 2.05) is 30.1 Å². The van der Waals surface area contributed by atoms with Crippen molar-refractivity contribution < 1.29 is 4.79 Å². The molecule has 0 saturated carbocycles. The third kappa shape index (κ3) is 7.88. The topological polar surface area (TPSA) is 95.6 Å². The lowest BCUT2D eigenvalue weighted by Crippen LogP contribution is -2.40. The number of nitrogens with one attached hydrogen (secondary N) is 2. The van der Waals surface area contributed by atoms with E-state index in [4.69, 9.17) is 5.73 Å². The molecule has 3 rings (SSSR count). The fourth-order valence-corrected chi connectivity index (χ4v) is 4.27. The van der Waals surface area contributed by atoms with Gasteiger partial charge in [-0.05, 0) is 31.0 Å². The highest BCUT2D eigenvalue weighted by Gasteiger charge is 2.24. The van der Waals surface area contributed by atoms with Gasteiger partial charge < -0.3 is 21.3 Å². The van der Waals surface area contributed by atoms with Crippen LogP contribution in [0.4, 0.5) is 5.82 Å². The Morgan fingerprint density at radius 3 is 2.61 bits per heavy atom. The molecule has 0 atom stereocenters. The number of hydrogen-bond acceptors (Lipinski definition) is 5. The average molecular weight is 555 g/mol. The van der Waals surface area contributed by atoms with Crippen molar-refractivity contribution in [2.75, 3.05) is 37.3 Å². The zero-order valence-electron chi connectivity index (χ0n) is 17.8. The molecule has 0 radical (unpaired) electrons. The normalized spacial score (nSPS) is 14.6. The van der Waals surface area contributed by atoms with Crippen LogP contribution in [-0.4, -0.2) is 49.3 Å². The van der Waals surface area contributed by atoms with E-state index >= 15 is 0 Å². The van der Waals surface area contributed by atoms with Gasteiger partial charge in [-0.1, -0.05) is 24.3 Å². The van der Waals surface area contributed by atoms with Gasteiger partial charge in [-0.25, -0.2) is 4.98 Å². The van der Waals surface area contributed by atoms with E-state index in [0.717, 1.165) is 55.6 Å². The molecule has 0 bridgehead atoms. The molecule has 1 aromatic heterocycles. The number of benzene rings is 1. The van der Waals surface area contributed by atoms with Crippen molar-refractivity contribution in [1.82, 2.24) is 15.6 Å². The van der Waals surface area contributed by atoms with Gasteiger partial charge in [0.15, 0.2) is 5.96 Å². The second-order valence-corrected chi connectivity index (χ2v) is 8.33. The molecule has 1 saturated heterocycles. The predicted octanol–water partition coefficient (Wildman–Crippen LogP) is 2.86. The van der Waals surface area contributed by atoms with E-state index in [0.29, 0.717) is 6.54 Å². The van der Waals surface area contributed by atoms with Gasteiger partial charge in [-0.3, -0.25) is 9.79 Å². The number of aromatic nitrogens is 1. The Labute approximate surface area is 205 Å². The summed E-state index contributed by atoms with van der Waals surface area (Å²) >= 11 is 1.82. The molecular weight excluding hydrogens is 523 g/mol. The summed E-state index contributed by atoms with van der Waals surface area (Å²) in [7, 11) is 1.78. The lowest BCUT2D eigenvalue weighted by molar-refractivity contribution is -0.122. The van der Waals surface area contributed by atoms with Crippen LogP contribution < -0.4 is 21.3 Å². The van der Waals surface area contributed by atoms with Crippen LogP contribution in [-0.2, 0) is 11.3 Å². The van der Waals surface area contributed by atoms with Crippen LogP contribution in [0.5, 0.6) is 0 Å². The second-order valence-electron chi connectivity index (χ2n) is 7.16. The Bertz CT molecular complexity index is 843. The standard InChI is InChI=1S/C22H30N6OS.HI/c1-24-22(26-12-15-30-19-7-3-2-4-8-19)27-16-18-6-5-11-25-21(18)28-13-9-17(10-14-28)20(23)29;/h2-8,11,17H,9-10,12-16H2,1H3,(H2,23,29)(H2,24,26,27);1H. The highest BCUT2D eigenvalue weighted by Crippen LogP contribution is 2.24. The van der Waals surface area contributed by atoms with Crippen molar-refractivity contribution in [3.63, 3.8) is 0 Å². The number of piperidine rings is 1. The Hall–Kier alpha value is -2.01. The molecule has 4 N–H and O–H groups in total. The van der Waals surface area contributed by atoms with Gasteiger partial charge in [0.1, 0.15) is 5.82 Å². The maximum atomic E-state index is 11.4. The number of guanidine groups is 1. The highest BCUT2D eigenvalue weighted by molar-refractivity contribution is 14.0. The number of aliphatic imine (C=N–C) groups is 1. The number of nitrogens with two attached hydrogens (primary N) is 1. The molecule has 1 amide bonds. The van der Waals surface area contributed by atoms with Crippen LogP contribution in [0.1, 0.15) is 18.4 Å². The molecule has 31 heavy (non-hydrogen) atoms. The number of primary amides is 1. The van der Waals surface area contributed by atoms with Crippen LogP contribution in [0.25, 0.3) is 0 Å². The van der Waals surface area contributed by atoms with E-state index < -0.39 is 0 Å². The fourth-order valence-electron chi connectivity index (χ4n) is 3.48. The van der Waals surface area contributed by atoms with Crippen molar-refractivity contribution >= 4 is 53.4 Å². The van der Waals surface area contributed by atoms with Crippen LogP contribution in [0.2, 0.25) is 0 Å². The van der Waals surface area contributed by atoms with Gasteiger partial charge in [0.2, 0.25) is 5.91 Å². The lowest BCUT2D eigenvalue weighted by atomic mass is 9.96. The number of hydrogen-bond donors (Lipinski definition) is 3. The van der Waals surface area contributed by atoms with Crippen molar-refractivity contribution in [2.24, 2.45) is 16.6 Å². The highest BCUT2D eigenvalue weighted by atomic mass is 127.